The number of nitrogens with two attached hydrogens (primary N) is 1. The highest BCUT2D eigenvalue weighted by Crippen LogP contribution is 2.52. The lowest BCUT2D eigenvalue weighted by Crippen LogP contribution is -2.74. The van der Waals surface area contributed by atoms with E-state index in [4.69, 9.17) is 10.5 Å². The highest BCUT2D eigenvalue weighted by atomic mass is 16.5. The number of hydrogen-bond acceptors (Lipinski definition) is 9. The van der Waals surface area contributed by atoms with Crippen LogP contribution in [-0.4, -0.2) is 85.5 Å². The van der Waals surface area contributed by atoms with Gasteiger partial charge in [0, 0.05) is 25.7 Å². The molecule has 43 heavy (non-hydrogen) atoms. The molecule has 1 amide bonds. The van der Waals surface area contributed by atoms with Crippen molar-refractivity contribution in [2.45, 2.75) is 44.2 Å². The van der Waals surface area contributed by atoms with Crippen LogP contribution in [0.25, 0.3) is 11.1 Å². The van der Waals surface area contributed by atoms with Crippen molar-refractivity contribution >= 4 is 34.7 Å². The van der Waals surface area contributed by atoms with Crippen LogP contribution in [0.4, 0.5) is 5.69 Å². The number of carbonyl (C=O) groups excluding carboxylic acids is 5. The molecular formula is C33H39N3O7. The van der Waals surface area contributed by atoms with Gasteiger partial charge in [-0.05, 0) is 74.2 Å². The molecule has 2 fully saturated rings. The molecule has 10 nitrogen and oxygen atoms in total. The molecule has 3 aliphatic carbocycles. The molecule has 2 saturated carbocycles. The smallest absolute Gasteiger partial charge is 0.235 e. The third kappa shape index (κ3) is 4.77. The van der Waals surface area contributed by atoms with Crippen LogP contribution in [0.2, 0.25) is 0 Å². The number of fused-ring (bicyclic) bond motifs is 3. The number of aliphatic hydroxyl groups is 1. The second-order valence-corrected chi connectivity index (χ2v) is 12.4. The Labute approximate surface area is 251 Å². The summed E-state index contributed by atoms with van der Waals surface area (Å²) in [6, 6.07) is 10.5. The Morgan fingerprint density at radius 1 is 1.02 bits per heavy atom. The van der Waals surface area contributed by atoms with Gasteiger partial charge in [-0.1, -0.05) is 31.5 Å². The summed E-state index contributed by atoms with van der Waals surface area (Å²) < 4.78 is 6.05. The van der Waals surface area contributed by atoms with Crippen LogP contribution >= 0.6 is 0 Å². The molecule has 0 bridgehead atoms. The second-order valence-electron chi connectivity index (χ2n) is 12.4. The Morgan fingerprint density at radius 3 is 2.28 bits per heavy atom. The molecule has 0 spiro atoms. The molecule has 5 rings (SSSR count). The molecule has 10 heteroatoms. The van der Waals surface area contributed by atoms with Crippen molar-refractivity contribution in [1.82, 2.24) is 4.90 Å². The second kappa shape index (κ2) is 11.3. The zero-order valence-corrected chi connectivity index (χ0v) is 25.3. The Balaban J connectivity index is 1.65. The first-order chi connectivity index (χ1) is 20.3. The fraction of sp³-hybridized carbons (Fsp3) is 0.485. The van der Waals surface area contributed by atoms with Crippen molar-refractivity contribution in [3.63, 3.8) is 0 Å². The Hall–Kier alpha value is -3.89. The van der Waals surface area contributed by atoms with E-state index < -0.39 is 64.4 Å². The molecule has 0 saturated heterocycles. The van der Waals surface area contributed by atoms with Crippen LogP contribution in [0.3, 0.4) is 0 Å². The van der Waals surface area contributed by atoms with E-state index in [2.05, 4.69) is 0 Å². The summed E-state index contributed by atoms with van der Waals surface area (Å²) in [6.07, 6.45) is 2.02. The highest BCUT2D eigenvalue weighted by molar-refractivity contribution is 6.32. The third-order valence-electron chi connectivity index (χ3n) is 9.38. The van der Waals surface area contributed by atoms with Gasteiger partial charge in [0.2, 0.25) is 5.91 Å². The minimum atomic E-state index is -2.69. The summed E-state index contributed by atoms with van der Waals surface area (Å²) in [7, 11) is 7.08. The van der Waals surface area contributed by atoms with Gasteiger partial charge >= 0.3 is 0 Å². The number of primary amides is 1. The number of rotatable bonds is 8. The number of likely N-dealkylation sites (N-methyl/N-ethyl adjacent to an activating group) is 1. The maximum absolute atomic E-state index is 14.4. The van der Waals surface area contributed by atoms with Crippen LogP contribution in [0.1, 0.15) is 42.1 Å². The lowest BCUT2D eigenvalue weighted by Gasteiger charge is -2.52. The van der Waals surface area contributed by atoms with Crippen molar-refractivity contribution in [3.8, 4) is 16.9 Å². The first-order valence-electron chi connectivity index (χ1n) is 14.8. The summed E-state index contributed by atoms with van der Waals surface area (Å²) in [5.74, 6) is -9.34. The normalized spacial score (nSPS) is 28.3. The van der Waals surface area contributed by atoms with E-state index in [0.717, 1.165) is 35.2 Å². The van der Waals surface area contributed by atoms with Gasteiger partial charge in [-0.25, -0.2) is 0 Å². The van der Waals surface area contributed by atoms with Gasteiger partial charge in [-0.3, -0.25) is 28.9 Å². The SMILES string of the molecule is CCCCOc1ccc(-c2ccc(N(C)C)cc2)c2c1C(=O)C1C(=O)C3(O)C(=O)C(C(N)=O)C(=O)C(N(C)C)C3CC1C2. The van der Waals surface area contributed by atoms with E-state index >= 15 is 0 Å². The number of anilines is 1. The fourth-order valence-corrected chi connectivity index (χ4v) is 7.25. The van der Waals surface area contributed by atoms with Crippen molar-refractivity contribution in [2.24, 2.45) is 29.4 Å². The van der Waals surface area contributed by atoms with Gasteiger partial charge in [0.1, 0.15) is 5.75 Å². The number of benzene rings is 2. The molecule has 3 N–H and O–H groups in total. The fourth-order valence-electron chi connectivity index (χ4n) is 7.25. The van der Waals surface area contributed by atoms with Crippen molar-refractivity contribution in [2.75, 3.05) is 39.7 Å². The van der Waals surface area contributed by atoms with Crippen molar-refractivity contribution in [1.29, 1.82) is 0 Å². The summed E-state index contributed by atoms with van der Waals surface area (Å²) in [5, 5.41) is 11.9. The number of Topliss-reactive ketones (excluding diaryl/α,β-unsaturated/α-hetero) is 4. The number of nitrogens with zero attached hydrogens (tertiary/aromatic N) is 2. The lowest BCUT2D eigenvalue weighted by molar-refractivity contribution is -0.181. The predicted molar refractivity (Wildman–Crippen MR) is 160 cm³/mol. The summed E-state index contributed by atoms with van der Waals surface area (Å²) >= 11 is 0. The molecule has 0 radical (unpaired) electrons. The topological polar surface area (TPSA) is 147 Å². The average Bonchev–Trinajstić information content (AvgIpc) is 2.95. The monoisotopic (exact) mass is 589 g/mol. The van der Waals surface area contributed by atoms with Crippen LogP contribution in [0.5, 0.6) is 5.75 Å². The molecule has 6 atom stereocenters. The van der Waals surface area contributed by atoms with E-state index in [0.29, 0.717) is 18.8 Å². The molecule has 228 valence electrons. The molecule has 0 aliphatic heterocycles. The van der Waals surface area contributed by atoms with Gasteiger partial charge in [-0.2, -0.15) is 0 Å². The van der Waals surface area contributed by atoms with Crippen molar-refractivity contribution in [3.05, 3.63) is 47.5 Å². The van der Waals surface area contributed by atoms with Gasteiger partial charge in [0.25, 0.3) is 0 Å². The zero-order chi connectivity index (χ0) is 31.4. The van der Waals surface area contributed by atoms with E-state index in [-0.39, 0.29) is 12.0 Å². The van der Waals surface area contributed by atoms with Crippen LogP contribution < -0.4 is 15.4 Å². The van der Waals surface area contributed by atoms with E-state index in [1.165, 1.54) is 4.90 Å². The quantitative estimate of drug-likeness (QED) is 0.349. The largest absolute Gasteiger partial charge is 0.493 e. The summed E-state index contributed by atoms with van der Waals surface area (Å²) in [5.41, 5.74) is 6.48. The molecule has 0 aromatic heterocycles. The number of unbranched alkanes of at least 4 members (excludes halogenated alkanes) is 1. The predicted octanol–water partition coefficient (Wildman–Crippen LogP) is 2.07. The van der Waals surface area contributed by atoms with Gasteiger partial charge in [0.05, 0.1) is 24.1 Å². The first kappa shape index (κ1) is 30.6. The number of carbonyl (C=O) groups is 5. The van der Waals surface area contributed by atoms with Gasteiger partial charge < -0.3 is 20.5 Å². The number of amides is 1. The van der Waals surface area contributed by atoms with Gasteiger partial charge in [0.15, 0.2) is 34.7 Å². The lowest BCUT2D eigenvalue weighted by atomic mass is 9.52. The summed E-state index contributed by atoms with van der Waals surface area (Å²) in [4.78, 5) is 71.2. The number of ketones is 4. The average molecular weight is 590 g/mol. The molecule has 6 unspecified atom stereocenters. The maximum Gasteiger partial charge on any atom is 0.235 e. The van der Waals surface area contributed by atoms with Gasteiger partial charge in [-0.15, -0.1) is 0 Å². The molecule has 0 heterocycles. The van der Waals surface area contributed by atoms with E-state index in [9.17, 15) is 29.1 Å². The van der Waals surface area contributed by atoms with Crippen LogP contribution in [-0.2, 0) is 25.6 Å². The number of ether oxygens (including phenoxy) is 1. The highest BCUT2D eigenvalue weighted by Gasteiger charge is 2.69. The third-order valence-corrected chi connectivity index (χ3v) is 9.38. The standard InChI is InChI=1S/C33H39N3O7/c1-6-7-14-43-23-13-12-20(17-8-10-19(11-9-17)35(2)3)21-15-18-16-22-27(36(4)5)29(38)26(32(34)41)31(40)33(22,42)30(39)24(18)28(37)25(21)23/h8-13,18,22,24,26-27,42H,6-7,14-16H2,1-5H3,(H2,34,41). The van der Waals surface area contributed by atoms with Crippen LogP contribution in [0, 0.1) is 23.7 Å². The molecular weight excluding hydrogens is 550 g/mol. The summed E-state index contributed by atoms with van der Waals surface area (Å²) in [6.45, 7) is 2.41. The number of hydrogen-bond donors (Lipinski definition) is 2. The maximum atomic E-state index is 14.4. The Kier molecular flexibility index (Phi) is 8.04. The first-order valence-corrected chi connectivity index (χ1v) is 14.8. The Morgan fingerprint density at radius 2 is 1.70 bits per heavy atom. The van der Waals surface area contributed by atoms with Crippen molar-refractivity contribution < 1.29 is 33.8 Å². The molecule has 2 aromatic rings. The molecule has 3 aliphatic rings. The van der Waals surface area contributed by atoms with E-state index in [1.807, 2.05) is 56.3 Å². The van der Waals surface area contributed by atoms with E-state index in [1.54, 1.807) is 20.2 Å². The minimum absolute atomic E-state index is 0.0593. The van der Waals surface area contributed by atoms with Crippen LogP contribution in [0.15, 0.2) is 36.4 Å². The Bertz CT molecular complexity index is 1500. The minimum Gasteiger partial charge on any atom is -0.493 e. The zero-order valence-electron chi connectivity index (χ0n) is 25.3. The molecule has 2 aromatic carbocycles.